The van der Waals surface area contributed by atoms with E-state index in [1.165, 1.54) is 5.56 Å². The number of hydrogen-bond acceptors (Lipinski definition) is 4. The molecule has 0 fully saturated rings. The van der Waals surface area contributed by atoms with Gasteiger partial charge in [0, 0.05) is 19.2 Å². The van der Waals surface area contributed by atoms with E-state index in [0.717, 1.165) is 24.2 Å². The molecular weight excluding hydrogens is 364 g/mol. The van der Waals surface area contributed by atoms with Gasteiger partial charge in [0.2, 0.25) is 5.88 Å². The SMILES string of the molecule is CCCNC(=O)c1c[nH]c2ncc(Oc3ccccc3Cc3ccccc3)nc12. The molecule has 6 nitrogen and oxygen atoms in total. The predicted molar refractivity (Wildman–Crippen MR) is 112 cm³/mol. The minimum absolute atomic E-state index is 0.172. The van der Waals surface area contributed by atoms with E-state index in [4.69, 9.17) is 4.74 Å². The number of carbonyl (C=O) groups is 1. The highest BCUT2D eigenvalue weighted by atomic mass is 16.5. The second-order valence-electron chi connectivity index (χ2n) is 6.74. The third-order valence-corrected chi connectivity index (χ3v) is 4.56. The zero-order valence-corrected chi connectivity index (χ0v) is 16.2. The van der Waals surface area contributed by atoms with Crippen LogP contribution in [0.15, 0.2) is 67.0 Å². The summed E-state index contributed by atoms with van der Waals surface area (Å²) in [4.78, 5) is 24.2. The molecule has 0 aliphatic heterocycles. The zero-order valence-electron chi connectivity index (χ0n) is 16.2. The van der Waals surface area contributed by atoms with Gasteiger partial charge in [0.1, 0.15) is 11.3 Å². The lowest BCUT2D eigenvalue weighted by Crippen LogP contribution is -2.23. The van der Waals surface area contributed by atoms with E-state index in [0.29, 0.717) is 29.2 Å². The summed E-state index contributed by atoms with van der Waals surface area (Å²) in [6.07, 6.45) is 4.81. The lowest BCUT2D eigenvalue weighted by atomic mass is 10.0. The molecule has 2 aromatic carbocycles. The Balaban J connectivity index is 1.61. The van der Waals surface area contributed by atoms with Crippen molar-refractivity contribution in [2.75, 3.05) is 6.54 Å². The minimum atomic E-state index is -0.172. The Labute approximate surface area is 169 Å². The number of para-hydroxylation sites is 1. The van der Waals surface area contributed by atoms with Crippen molar-refractivity contribution in [3.63, 3.8) is 0 Å². The summed E-state index contributed by atoms with van der Waals surface area (Å²) in [5.41, 5.74) is 3.76. The Hall–Kier alpha value is -3.67. The summed E-state index contributed by atoms with van der Waals surface area (Å²) in [5, 5.41) is 2.86. The second-order valence-corrected chi connectivity index (χ2v) is 6.74. The van der Waals surface area contributed by atoms with Gasteiger partial charge in [0.05, 0.1) is 11.8 Å². The van der Waals surface area contributed by atoms with E-state index in [2.05, 4.69) is 32.4 Å². The van der Waals surface area contributed by atoms with Gasteiger partial charge in [-0.3, -0.25) is 4.79 Å². The first-order valence-electron chi connectivity index (χ1n) is 9.66. The molecule has 146 valence electrons. The number of aromatic amines is 1. The summed E-state index contributed by atoms with van der Waals surface area (Å²) >= 11 is 0. The van der Waals surface area contributed by atoms with Crippen molar-refractivity contribution in [3.05, 3.63) is 83.7 Å². The minimum Gasteiger partial charge on any atom is -0.437 e. The highest BCUT2D eigenvalue weighted by Crippen LogP contribution is 2.27. The molecule has 0 aliphatic rings. The normalized spacial score (nSPS) is 10.8. The first-order valence-corrected chi connectivity index (χ1v) is 9.66. The van der Waals surface area contributed by atoms with Crippen LogP contribution in [0.25, 0.3) is 11.2 Å². The van der Waals surface area contributed by atoms with Gasteiger partial charge >= 0.3 is 0 Å². The number of fused-ring (bicyclic) bond motifs is 1. The molecule has 1 amide bonds. The van der Waals surface area contributed by atoms with Crippen LogP contribution in [0, 0.1) is 0 Å². The molecule has 0 radical (unpaired) electrons. The van der Waals surface area contributed by atoms with Crippen molar-refractivity contribution < 1.29 is 9.53 Å². The third kappa shape index (κ3) is 4.27. The summed E-state index contributed by atoms with van der Waals surface area (Å²) in [5.74, 6) is 0.897. The fourth-order valence-corrected chi connectivity index (χ4v) is 3.11. The van der Waals surface area contributed by atoms with Gasteiger partial charge in [-0.15, -0.1) is 0 Å². The number of aromatic nitrogens is 3. The molecule has 0 aliphatic carbocycles. The maximum atomic E-state index is 12.4. The van der Waals surface area contributed by atoms with Crippen molar-refractivity contribution in [3.8, 4) is 11.6 Å². The van der Waals surface area contributed by atoms with Crippen molar-refractivity contribution >= 4 is 17.1 Å². The lowest BCUT2D eigenvalue weighted by molar-refractivity contribution is 0.0955. The lowest BCUT2D eigenvalue weighted by Gasteiger charge is -2.10. The topological polar surface area (TPSA) is 79.9 Å². The predicted octanol–water partition coefficient (Wildman–Crippen LogP) is 4.48. The van der Waals surface area contributed by atoms with Crippen molar-refractivity contribution in [2.24, 2.45) is 0 Å². The second kappa shape index (κ2) is 8.56. The number of H-pyrrole nitrogens is 1. The summed E-state index contributed by atoms with van der Waals surface area (Å²) < 4.78 is 6.06. The quantitative estimate of drug-likeness (QED) is 0.491. The summed E-state index contributed by atoms with van der Waals surface area (Å²) in [6.45, 7) is 2.62. The summed E-state index contributed by atoms with van der Waals surface area (Å²) in [6, 6.07) is 18.1. The number of amides is 1. The molecule has 0 spiro atoms. The van der Waals surface area contributed by atoms with Crippen LogP contribution in [0.3, 0.4) is 0 Å². The van der Waals surface area contributed by atoms with E-state index in [1.54, 1.807) is 12.4 Å². The highest BCUT2D eigenvalue weighted by Gasteiger charge is 2.15. The average molecular weight is 386 g/mol. The van der Waals surface area contributed by atoms with Crippen LogP contribution < -0.4 is 10.1 Å². The van der Waals surface area contributed by atoms with Gasteiger partial charge in [-0.25, -0.2) is 9.97 Å². The molecule has 4 aromatic rings. The summed E-state index contributed by atoms with van der Waals surface area (Å²) in [7, 11) is 0. The molecule has 0 unspecified atom stereocenters. The van der Waals surface area contributed by atoms with E-state index >= 15 is 0 Å². The highest BCUT2D eigenvalue weighted by molar-refractivity contribution is 6.04. The van der Waals surface area contributed by atoms with Crippen LogP contribution in [0.2, 0.25) is 0 Å². The van der Waals surface area contributed by atoms with E-state index < -0.39 is 0 Å². The van der Waals surface area contributed by atoms with Gasteiger partial charge in [-0.05, 0) is 23.6 Å². The molecule has 29 heavy (non-hydrogen) atoms. The Bertz CT molecular complexity index is 1120. The Morgan fingerprint density at radius 3 is 2.72 bits per heavy atom. The molecule has 2 heterocycles. The molecule has 2 aromatic heterocycles. The van der Waals surface area contributed by atoms with Crippen LogP contribution in [0.4, 0.5) is 0 Å². The molecule has 0 atom stereocenters. The Morgan fingerprint density at radius 1 is 1.10 bits per heavy atom. The number of ether oxygens (including phenoxy) is 1. The van der Waals surface area contributed by atoms with Crippen molar-refractivity contribution in [1.82, 2.24) is 20.3 Å². The average Bonchev–Trinajstić information content (AvgIpc) is 3.17. The molecule has 0 saturated heterocycles. The van der Waals surface area contributed by atoms with Gasteiger partial charge < -0.3 is 15.0 Å². The van der Waals surface area contributed by atoms with Crippen LogP contribution >= 0.6 is 0 Å². The fraction of sp³-hybridized carbons (Fsp3) is 0.174. The molecule has 0 bridgehead atoms. The van der Waals surface area contributed by atoms with Crippen LogP contribution in [-0.4, -0.2) is 27.4 Å². The molecular formula is C23H22N4O2. The monoisotopic (exact) mass is 386 g/mol. The molecule has 4 rings (SSSR count). The maximum Gasteiger partial charge on any atom is 0.255 e. The first-order chi connectivity index (χ1) is 14.2. The first kappa shape index (κ1) is 18.7. The number of carbonyl (C=O) groups excluding carboxylic acids is 1. The number of hydrogen-bond donors (Lipinski definition) is 2. The smallest absolute Gasteiger partial charge is 0.255 e. The van der Waals surface area contributed by atoms with E-state index in [9.17, 15) is 4.79 Å². The van der Waals surface area contributed by atoms with Crippen molar-refractivity contribution in [2.45, 2.75) is 19.8 Å². The van der Waals surface area contributed by atoms with Crippen molar-refractivity contribution in [1.29, 1.82) is 0 Å². The van der Waals surface area contributed by atoms with Gasteiger partial charge in [0.15, 0.2) is 5.65 Å². The number of nitrogens with one attached hydrogen (secondary N) is 2. The van der Waals surface area contributed by atoms with Crippen LogP contribution in [-0.2, 0) is 6.42 Å². The molecule has 0 saturated carbocycles. The largest absolute Gasteiger partial charge is 0.437 e. The molecule has 2 N–H and O–H groups in total. The third-order valence-electron chi connectivity index (χ3n) is 4.56. The van der Waals surface area contributed by atoms with Crippen LogP contribution in [0.1, 0.15) is 34.8 Å². The Morgan fingerprint density at radius 2 is 1.90 bits per heavy atom. The standard InChI is InChI=1S/C23H22N4O2/c1-2-12-24-23(28)18-14-25-22-21(18)27-20(15-26-22)29-19-11-7-6-10-17(19)13-16-8-4-3-5-9-16/h3-11,14-15H,2,12-13H2,1H3,(H,24,28)(H,25,26). The van der Waals surface area contributed by atoms with Gasteiger partial charge in [-0.1, -0.05) is 55.5 Å². The van der Waals surface area contributed by atoms with Gasteiger partial charge in [0.25, 0.3) is 5.91 Å². The van der Waals surface area contributed by atoms with Gasteiger partial charge in [-0.2, -0.15) is 0 Å². The Kier molecular flexibility index (Phi) is 5.52. The molecule has 6 heteroatoms. The number of nitrogens with zero attached hydrogens (tertiary/aromatic N) is 2. The fourth-order valence-electron chi connectivity index (χ4n) is 3.11. The van der Waals surface area contributed by atoms with Crippen LogP contribution in [0.5, 0.6) is 11.6 Å². The zero-order chi connectivity index (χ0) is 20.1. The van der Waals surface area contributed by atoms with E-state index in [-0.39, 0.29) is 5.91 Å². The number of rotatable bonds is 7. The van der Waals surface area contributed by atoms with E-state index in [1.807, 2.05) is 49.4 Å². The maximum absolute atomic E-state index is 12.4. The number of benzene rings is 2.